The van der Waals surface area contributed by atoms with Crippen molar-refractivity contribution in [3.63, 3.8) is 0 Å². The molecule has 1 saturated heterocycles. The molecule has 3 rings (SSSR count). The summed E-state index contributed by atoms with van der Waals surface area (Å²) in [5.41, 5.74) is -1.20. The van der Waals surface area contributed by atoms with Gasteiger partial charge in [0.1, 0.15) is 18.7 Å². The van der Waals surface area contributed by atoms with Crippen LogP contribution in [0, 0.1) is 0 Å². The first-order chi connectivity index (χ1) is 13.8. The number of aliphatic hydroxyl groups is 1. The summed E-state index contributed by atoms with van der Waals surface area (Å²) in [5.74, 6) is -0.793. The van der Waals surface area contributed by atoms with Crippen molar-refractivity contribution < 1.29 is 28.3 Å². The zero-order valence-corrected chi connectivity index (χ0v) is 17.4. The predicted molar refractivity (Wildman–Crippen MR) is 107 cm³/mol. The lowest BCUT2D eigenvalue weighted by Crippen LogP contribution is -2.38. The molecule has 0 unspecified atom stereocenters. The Labute approximate surface area is 177 Å². The van der Waals surface area contributed by atoms with Crippen molar-refractivity contribution in [2.24, 2.45) is 7.05 Å². The molecule has 9 nitrogen and oxygen atoms in total. The van der Waals surface area contributed by atoms with Crippen molar-refractivity contribution in [3.8, 4) is 0 Å². The van der Waals surface area contributed by atoms with Gasteiger partial charge in [-0.15, -0.1) is 0 Å². The van der Waals surface area contributed by atoms with Crippen LogP contribution in [-0.4, -0.2) is 45.6 Å². The van der Waals surface area contributed by atoms with E-state index in [4.69, 9.17) is 9.47 Å². The van der Waals surface area contributed by atoms with Crippen molar-refractivity contribution in [1.82, 2.24) is 9.55 Å². The van der Waals surface area contributed by atoms with E-state index in [2.05, 4.69) is 4.98 Å². The summed E-state index contributed by atoms with van der Waals surface area (Å²) in [7, 11) is 1.71. The maximum atomic E-state index is 15.1. The normalized spacial score (nSPS) is 24.1. The number of alkyl halides is 1. The fourth-order valence-corrected chi connectivity index (χ4v) is 3.37. The van der Waals surface area contributed by atoms with E-state index in [9.17, 15) is 19.5 Å². The lowest BCUT2D eigenvalue weighted by molar-refractivity contribution is -0.671. The molecule has 11 heteroatoms. The first-order valence-electron chi connectivity index (χ1n) is 8.54. The van der Waals surface area contributed by atoms with Crippen LogP contribution in [0.5, 0.6) is 0 Å². The van der Waals surface area contributed by atoms with E-state index in [0.717, 1.165) is 10.8 Å². The van der Waals surface area contributed by atoms with Gasteiger partial charge in [0.15, 0.2) is 30.9 Å². The summed E-state index contributed by atoms with van der Waals surface area (Å²) in [4.78, 5) is 38.5. The van der Waals surface area contributed by atoms with E-state index in [1.54, 1.807) is 28.0 Å². The van der Waals surface area contributed by atoms with Gasteiger partial charge < -0.3 is 14.6 Å². The van der Waals surface area contributed by atoms with Crippen molar-refractivity contribution >= 4 is 34.6 Å². The number of carbonyl (C=O) groups excluding carboxylic acids is 1. The molecule has 0 bridgehead atoms. The molecule has 0 aliphatic carbocycles. The molecule has 29 heavy (non-hydrogen) atoms. The number of ether oxygens (including phenoxy) is 2. The zero-order valence-electron chi connectivity index (χ0n) is 15.2. The highest BCUT2D eigenvalue weighted by Gasteiger charge is 2.49. The van der Waals surface area contributed by atoms with E-state index in [0.29, 0.717) is 0 Å². The molecule has 0 aromatic carbocycles. The Balaban J connectivity index is 1.89. The molecule has 0 amide bonds. The monoisotopic (exact) mass is 518 g/mol. The van der Waals surface area contributed by atoms with E-state index >= 15 is 4.39 Å². The van der Waals surface area contributed by atoms with Gasteiger partial charge in [0.2, 0.25) is 0 Å². The van der Waals surface area contributed by atoms with Crippen molar-refractivity contribution in [2.45, 2.75) is 24.6 Å². The highest BCUT2D eigenvalue weighted by Crippen LogP contribution is 2.33. The maximum Gasteiger partial charge on any atom is 0.344 e. The molecular weight excluding hydrogens is 500 g/mol. The van der Waals surface area contributed by atoms with E-state index in [1.165, 1.54) is 18.3 Å². The minimum atomic E-state index is -1.95. The molecule has 1 aliphatic heterocycles. The van der Waals surface area contributed by atoms with Crippen LogP contribution in [0.4, 0.5) is 4.39 Å². The third-order valence-corrected chi connectivity index (χ3v) is 4.74. The van der Waals surface area contributed by atoms with Crippen LogP contribution in [0.25, 0.3) is 6.08 Å². The number of esters is 1. The molecular formula is C18H18FIN3O6+. The minimum absolute atomic E-state index is 0.118. The summed E-state index contributed by atoms with van der Waals surface area (Å²) in [6.07, 6.45) is -0.242. The van der Waals surface area contributed by atoms with Gasteiger partial charge in [-0.2, -0.15) is 0 Å². The first-order valence-corrected chi connectivity index (χ1v) is 9.79. The highest BCUT2D eigenvalue weighted by atomic mass is 127. The molecule has 0 spiro atoms. The number of nitrogens with one attached hydrogen (secondary N) is 1. The van der Waals surface area contributed by atoms with Gasteiger partial charge in [0.05, 0.1) is 12.2 Å². The van der Waals surface area contributed by atoms with Crippen LogP contribution < -0.4 is 15.8 Å². The molecule has 3 heterocycles. The van der Waals surface area contributed by atoms with Gasteiger partial charge in [0, 0.05) is 12.3 Å². The highest BCUT2D eigenvalue weighted by molar-refractivity contribution is 14.1. The Kier molecular flexibility index (Phi) is 6.59. The lowest BCUT2D eigenvalue weighted by Gasteiger charge is -2.18. The zero-order chi connectivity index (χ0) is 21.1. The Morgan fingerprint density at radius 2 is 2.28 bits per heavy atom. The van der Waals surface area contributed by atoms with E-state index < -0.39 is 48.4 Å². The van der Waals surface area contributed by atoms with Crippen molar-refractivity contribution in [3.05, 3.63) is 66.8 Å². The van der Waals surface area contributed by atoms with Gasteiger partial charge in [-0.1, -0.05) is 22.6 Å². The Morgan fingerprint density at radius 3 is 2.93 bits per heavy atom. The Morgan fingerprint density at radius 1 is 1.52 bits per heavy atom. The number of hydrogen-bond donors (Lipinski definition) is 2. The molecule has 4 atom stereocenters. The summed E-state index contributed by atoms with van der Waals surface area (Å²) < 4.78 is 29.9. The van der Waals surface area contributed by atoms with E-state index in [1.807, 2.05) is 22.6 Å². The summed E-state index contributed by atoms with van der Waals surface area (Å²) in [6, 6.07) is 3.13. The second-order valence-corrected chi connectivity index (χ2v) is 7.08. The fourth-order valence-electron chi connectivity index (χ4n) is 2.98. The number of aromatic amines is 1. The number of halogens is 2. The van der Waals surface area contributed by atoms with Crippen molar-refractivity contribution in [1.29, 1.82) is 0 Å². The van der Waals surface area contributed by atoms with Gasteiger partial charge in [0.25, 0.3) is 5.56 Å². The van der Waals surface area contributed by atoms with Crippen LogP contribution in [0.3, 0.4) is 0 Å². The van der Waals surface area contributed by atoms with Crippen LogP contribution in [-0.2, 0) is 16.5 Å². The topological polar surface area (TPSA) is 114 Å². The van der Waals surface area contributed by atoms with E-state index in [-0.39, 0.29) is 11.1 Å². The Bertz CT molecular complexity index is 1050. The van der Waals surface area contributed by atoms with Crippen molar-refractivity contribution in [2.75, 3.05) is 6.61 Å². The molecule has 2 N–H and O–H groups in total. The van der Waals surface area contributed by atoms with Gasteiger partial charge >= 0.3 is 11.7 Å². The Hall–Kier alpha value is -2.38. The average Bonchev–Trinajstić information content (AvgIpc) is 2.99. The summed E-state index contributed by atoms with van der Waals surface area (Å²) >= 11 is 1.90. The van der Waals surface area contributed by atoms with Crippen LogP contribution in [0.15, 0.2) is 44.4 Å². The molecule has 154 valence electrons. The second kappa shape index (κ2) is 8.97. The number of nitrogens with zero attached hydrogens (tertiary/aromatic N) is 2. The predicted octanol–water partition coefficient (Wildman–Crippen LogP) is 0.220. The quantitative estimate of drug-likeness (QED) is 0.333. The van der Waals surface area contributed by atoms with Gasteiger partial charge in [-0.25, -0.2) is 18.5 Å². The number of aromatic nitrogens is 3. The number of carbonyl (C=O) groups is 1. The summed E-state index contributed by atoms with van der Waals surface area (Å²) in [6.45, 7) is -0.629. The molecule has 2 aromatic rings. The van der Waals surface area contributed by atoms with Gasteiger partial charge in [-0.3, -0.25) is 14.3 Å². The number of H-pyrrole nitrogens is 1. The van der Waals surface area contributed by atoms with Crippen LogP contribution in [0.2, 0.25) is 0 Å². The van der Waals surface area contributed by atoms with Crippen LogP contribution >= 0.6 is 22.6 Å². The molecule has 0 radical (unpaired) electrons. The fraction of sp³-hybridized carbons (Fsp3) is 0.333. The molecule has 2 aromatic heterocycles. The number of rotatable bonds is 5. The largest absolute Gasteiger partial charge is 0.452 e. The molecule has 1 fully saturated rings. The lowest BCUT2D eigenvalue weighted by atomic mass is 10.1. The number of hydrogen-bond acceptors (Lipinski definition) is 6. The number of aryl methyl sites for hydroxylation is 1. The minimum Gasteiger partial charge on any atom is -0.452 e. The average molecular weight is 518 g/mol. The number of pyridine rings is 1. The first kappa shape index (κ1) is 21.3. The third-order valence-electron chi connectivity index (χ3n) is 4.38. The summed E-state index contributed by atoms with van der Waals surface area (Å²) in [5, 5.41) is 9.55. The molecule has 0 saturated carbocycles. The van der Waals surface area contributed by atoms with Gasteiger partial charge in [-0.05, 0) is 16.2 Å². The third kappa shape index (κ3) is 4.46. The molecule has 1 aliphatic rings. The number of aliphatic hydroxyl groups excluding tert-OH is 1. The van der Waals surface area contributed by atoms with Crippen LogP contribution in [0.1, 0.15) is 22.1 Å². The SMILES string of the molecule is C[n+]1cccc(C(=O)O[C@H]2[C@@H](F)[C@H](n3cc(C=CI)c(=O)[nH]c3=O)O[C@@H]2CO)c1. The standard InChI is InChI=1S/C18H17FIN3O6/c1-22-6-2-3-11(7-22)17(26)29-14-12(9-24)28-16(13(14)19)23-8-10(4-5-20)15(25)21-18(23)27/h2-8,12-14,16,24H,9H2,1H3/p+1/t12-,13-,14-,16-/m1/s1. The second-order valence-electron chi connectivity index (χ2n) is 6.36. The smallest absolute Gasteiger partial charge is 0.344 e. The maximum absolute atomic E-state index is 15.1.